The van der Waals surface area contributed by atoms with Crippen molar-refractivity contribution < 1.29 is 9.94 Å². The predicted molar refractivity (Wildman–Crippen MR) is 75.4 cm³/mol. The molecule has 0 aliphatic heterocycles. The second kappa shape index (κ2) is 6.02. The smallest absolute Gasteiger partial charge is 0.126 e. The van der Waals surface area contributed by atoms with E-state index in [0.29, 0.717) is 0 Å². The lowest BCUT2D eigenvalue weighted by molar-refractivity contribution is 0.173. The number of nitrogens with one attached hydrogen (secondary N) is 1. The molecule has 0 fully saturated rings. The van der Waals surface area contributed by atoms with E-state index in [1.807, 2.05) is 42.5 Å². The molecular weight excluding hydrogens is 240 g/mol. The van der Waals surface area contributed by atoms with Crippen LogP contribution < -0.4 is 10.3 Å². The number of hydrazone groups is 1. The lowest BCUT2D eigenvalue weighted by atomic mass is 9.98. The van der Waals surface area contributed by atoms with Crippen LogP contribution in [0, 0.1) is 6.92 Å². The van der Waals surface area contributed by atoms with Gasteiger partial charge in [-0.2, -0.15) is 10.7 Å². The standard InChI is InChI=1S/C15H15N2O2/c1-11-7-8-14(15(9-11)19-2)13-6-4-3-5-12(13)10-16-17-18/h3-10,17-18H,1H2,2H3. The molecule has 2 rings (SSSR count). The van der Waals surface area contributed by atoms with Crippen LogP contribution in [-0.4, -0.2) is 18.5 Å². The Hall–Kier alpha value is -2.33. The normalized spacial score (nSPS) is 10.7. The summed E-state index contributed by atoms with van der Waals surface area (Å²) in [6.07, 6.45) is 1.55. The summed E-state index contributed by atoms with van der Waals surface area (Å²) in [6, 6.07) is 13.5. The molecule has 2 N–H and O–H groups in total. The highest BCUT2D eigenvalue weighted by Gasteiger charge is 2.09. The van der Waals surface area contributed by atoms with Crippen molar-refractivity contribution in [3.63, 3.8) is 0 Å². The van der Waals surface area contributed by atoms with Crippen molar-refractivity contribution >= 4 is 6.21 Å². The molecule has 0 bridgehead atoms. The quantitative estimate of drug-likeness (QED) is 0.652. The third-order valence-corrected chi connectivity index (χ3v) is 2.78. The Balaban J connectivity index is 2.55. The van der Waals surface area contributed by atoms with Crippen molar-refractivity contribution in [2.45, 2.75) is 0 Å². The summed E-state index contributed by atoms with van der Waals surface area (Å²) in [7, 11) is 1.63. The van der Waals surface area contributed by atoms with Gasteiger partial charge >= 0.3 is 0 Å². The minimum atomic E-state index is 0.755. The van der Waals surface area contributed by atoms with E-state index in [-0.39, 0.29) is 0 Å². The van der Waals surface area contributed by atoms with Crippen LogP contribution in [-0.2, 0) is 0 Å². The predicted octanol–water partition coefficient (Wildman–Crippen LogP) is 2.86. The average molecular weight is 255 g/mol. The molecule has 4 nitrogen and oxygen atoms in total. The highest BCUT2D eigenvalue weighted by molar-refractivity contribution is 5.91. The Labute approximate surface area is 112 Å². The molecule has 97 valence electrons. The first-order valence-electron chi connectivity index (χ1n) is 5.78. The summed E-state index contributed by atoms with van der Waals surface area (Å²) in [5, 5.41) is 12.2. The Morgan fingerprint density at radius 1 is 1.21 bits per heavy atom. The monoisotopic (exact) mass is 255 g/mol. The first-order valence-corrected chi connectivity index (χ1v) is 5.78. The van der Waals surface area contributed by atoms with Gasteiger partial charge in [0.1, 0.15) is 5.75 Å². The van der Waals surface area contributed by atoms with E-state index in [4.69, 9.17) is 9.94 Å². The molecule has 2 aromatic rings. The zero-order chi connectivity index (χ0) is 13.7. The summed E-state index contributed by atoms with van der Waals surface area (Å²) in [6.45, 7) is 3.89. The number of rotatable bonds is 4. The zero-order valence-electron chi connectivity index (χ0n) is 10.6. The van der Waals surface area contributed by atoms with Crippen LogP contribution in [0.1, 0.15) is 11.1 Å². The fourth-order valence-corrected chi connectivity index (χ4v) is 1.91. The van der Waals surface area contributed by atoms with E-state index in [1.165, 1.54) is 0 Å². The van der Waals surface area contributed by atoms with E-state index < -0.39 is 0 Å². The van der Waals surface area contributed by atoms with Gasteiger partial charge in [0.15, 0.2) is 0 Å². The van der Waals surface area contributed by atoms with Gasteiger partial charge in [-0.25, -0.2) is 0 Å². The molecule has 0 heterocycles. The minimum absolute atomic E-state index is 0.755. The van der Waals surface area contributed by atoms with Crippen LogP contribution >= 0.6 is 0 Å². The van der Waals surface area contributed by atoms with Crippen LogP contribution in [0.3, 0.4) is 0 Å². The SMILES string of the molecule is [CH2]c1ccc(-c2ccccc2C=NNO)c(OC)c1. The third-order valence-electron chi connectivity index (χ3n) is 2.78. The highest BCUT2D eigenvalue weighted by atomic mass is 16.5. The molecule has 19 heavy (non-hydrogen) atoms. The largest absolute Gasteiger partial charge is 0.496 e. The van der Waals surface area contributed by atoms with Gasteiger partial charge in [-0.3, -0.25) is 5.21 Å². The molecule has 4 heteroatoms. The topological polar surface area (TPSA) is 53.9 Å². The third kappa shape index (κ3) is 2.92. The number of methoxy groups -OCH3 is 1. The van der Waals surface area contributed by atoms with E-state index in [0.717, 1.165) is 28.0 Å². The summed E-state index contributed by atoms with van der Waals surface area (Å²) >= 11 is 0. The summed E-state index contributed by atoms with van der Waals surface area (Å²) in [5.41, 5.74) is 5.45. The zero-order valence-corrected chi connectivity index (χ0v) is 10.6. The number of benzene rings is 2. The highest BCUT2D eigenvalue weighted by Crippen LogP contribution is 2.32. The Morgan fingerprint density at radius 3 is 2.74 bits per heavy atom. The van der Waals surface area contributed by atoms with Gasteiger partial charge in [0.25, 0.3) is 0 Å². The lowest BCUT2D eigenvalue weighted by Crippen LogP contribution is -1.98. The summed E-state index contributed by atoms with van der Waals surface area (Å²) in [4.78, 5) is 0. The van der Waals surface area contributed by atoms with Gasteiger partial charge < -0.3 is 4.74 Å². The minimum Gasteiger partial charge on any atom is -0.496 e. The molecule has 1 radical (unpaired) electrons. The summed E-state index contributed by atoms with van der Waals surface area (Å²) in [5.74, 6) is 0.755. The molecule has 0 unspecified atom stereocenters. The van der Waals surface area contributed by atoms with Crippen LogP contribution in [0.5, 0.6) is 5.75 Å². The van der Waals surface area contributed by atoms with Gasteiger partial charge in [0, 0.05) is 11.1 Å². The molecule has 0 spiro atoms. The maximum Gasteiger partial charge on any atom is 0.126 e. The number of ether oxygens (including phenoxy) is 1. The maximum absolute atomic E-state index is 8.55. The van der Waals surface area contributed by atoms with E-state index in [9.17, 15) is 0 Å². The van der Waals surface area contributed by atoms with Crippen molar-refractivity contribution in [2.75, 3.05) is 7.11 Å². The van der Waals surface area contributed by atoms with Crippen LogP contribution in [0.15, 0.2) is 47.6 Å². The first kappa shape index (κ1) is 13.1. The maximum atomic E-state index is 8.55. The molecule has 0 aromatic heterocycles. The van der Waals surface area contributed by atoms with E-state index in [2.05, 4.69) is 12.0 Å². The number of nitrogens with zero attached hydrogens (tertiary/aromatic N) is 1. The van der Waals surface area contributed by atoms with Crippen molar-refractivity contribution in [3.05, 3.63) is 60.5 Å². The number of hydrogen-bond donors (Lipinski definition) is 2. The second-order valence-electron chi connectivity index (χ2n) is 3.98. The second-order valence-corrected chi connectivity index (χ2v) is 3.98. The molecule has 0 atom stereocenters. The molecule has 0 aliphatic rings. The lowest BCUT2D eigenvalue weighted by Gasteiger charge is -2.11. The molecule has 0 saturated heterocycles. The molecule has 0 saturated carbocycles. The number of hydrogen-bond acceptors (Lipinski definition) is 4. The molecule has 2 aromatic carbocycles. The van der Waals surface area contributed by atoms with Crippen molar-refractivity contribution in [3.8, 4) is 16.9 Å². The molecule has 0 amide bonds. The molecule has 0 aliphatic carbocycles. The Morgan fingerprint density at radius 2 is 2.00 bits per heavy atom. The van der Waals surface area contributed by atoms with Crippen molar-refractivity contribution in [2.24, 2.45) is 5.10 Å². The van der Waals surface area contributed by atoms with E-state index >= 15 is 0 Å². The average Bonchev–Trinajstić information content (AvgIpc) is 2.45. The van der Waals surface area contributed by atoms with Crippen molar-refractivity contribution in [1.82, 2.24) is 5.59 Å². The van der Waals surface area contributed by atoms with Gasteiger partial charge in [-0.1, -0.05) is 36.4 Å². The van der Waals surface area contributed by atoms with Gasteiger partial charge in [-0.15, -0.1) is 0 Å². The fourth-order valence-electron chi connectivity index (χ4n) is 1.91. The van der Waals surface area contributed by atoms with Crippen LogP contribution in [0.2, 0.25) is 0 Å². The van der Waals surface area contributed by atoms with Gasteiger partial charge in [0.05, 0.1) is 13.3 Å². The van der Waals surface area contributed by atoms with Crippen LogP contribution in [0.25, 0.3) is 11.1 Å². The molecular formula is C15H15N2O2. The van der Waals surface area contributed by atoms with E-state index in [1.54, 1.807) is 18.9 Å². The van der Waals surface area contributed by atoms with Crippen LogP contribution in [0.4, 0.5) is 0 Å². The van der Waals surface area contributed by atoms with Gasteiger partial charge in [0.2, 0.25) is 0 Å². The summed E-state index contributed by atoms with van der Waals surface area (Å²) < 4.78 is 5.39. The van der Waals surface area contributed by atoms with Gasteiger partial charge in [-0.05, 0) is 24.1 Å². The van der Waals surface area contributed by atoms with Crippen molar-refractivity contribution in [1.29, 1.82) is 0 Å². The fraction of sp³-hybridized carbons (Fsp3) is 0.0667. The first-order chi connectivity index (χ1) is 9.26. The Kier molecular flexibility index (Phi) is 4.15. The Bertz CT molecular complexity index is 594.